The molecule has 0 aliphatic rings. The number of ether oxygens (including phenoxy) is 1. The van der Waals surface area contributed by atoms with E-state index in [2.05, 4.69) is 10.6 Å². The average Bonchev–Trinajstić information content (AvgIpc) is 2.74. The van der Waals surface area contributed by atoms with Crippen molar-refractivity contribution in [2.24, 2.45) is 0 Å². The van der Waals surface area contributed by atoms with E-state index in [0.29, 0.717) is 11.3 Å². The van der Waals surface area contributed by atoms with Gasteiger partial charge in [0, 0.05) is 16.9 Å². The van der Waals surface area contributed by atoms with E-state index < -0.39 is 0 Å². The number of carbonyl (C=O) groups is 2. The molecule has 29 heavy (non-hydrogen) atoms. The van der Waals surface area contributed by atoms with Gasteiger partial charge < -0.3 is 15.4 Å². The van der Waals surface area contributed by atoms with E-state index in [1.807, 2.05) is 62.4 Å². The maximum atomic E-state index is 12.3. The molecule has 0 fully saturated rings. The van der Waals surface area contributed by atoms with Gasteiger partial charge in [0.25, 0.3) is 11.8 Å². The van der Waals surface area contributed by atoms with Crippen molar-refractivity contribution in [3.63, 3.8) is 0 Å². The van der Waals surface area contributed by atoms with Crippen LogP contribution in [0.5, 0.6) is 5.75 Å². The van der Waals surface area contributed by atoms with Crippen LogP contribution in [0.2, 0.25) is 0 Å². The molecule has 5 nitrogen and oxygen atoms in total. The normalized spacial score (nSPS) is 10.3. The Morgan fingerprint density at radius 1 is 0.862 bits per heavy atom. The van der Waals surface area contributed by atoms with Gasteiger partial charge in [-0.05, 0) is 61.4 Å². The summed E-state index contributed by atoms with van der Waals surface area (Å²) in [6.07, 6.45) is 0.837. The number of anilines is 2. The fourth-order valence-corrected chi connectivity index (χ4v) is 2.83. The van der Waals surface area contributed by atoms with Crippen molar-refractivity contribution in [2.75, 3.05) is 17.2 Å². The monoisotopic (exact) mass is 388 g/mol. The lowest BCUT2D eigenvalue weighted by Gasteiger charge is -2.11. The van der Waals surface area contributed by atoms with Crippen LogP contribution in [-0.2, 0) is 11.2 Å². The molecule has 0 radical (unpaired) electrons. The summed E-state index contributed by atoms with van der Waals surface area (Å²) in [6, 6.07) is 22.0. The van der Waals surface area contributed by atoms with E-state index in [4.69, 9.17) is 4.74 Å². The van der Waals surface area contributed by atoms with Gasteiger partial charge in [-0.1, -0.05) is 42.8 Å². The third kappa shape index (κ3) is 5.69. The van der Waals surface area contributed by atoms with Crippen LogP contribution in [0, 0.1) is 6.92 Å². The summed E-state index contributed by atoms with van der Waals surface area (Å²) in [5.74, 6) is 0.0946. The highest BCUT2D eigenvalue weighted by Gasteiger charge is 2.09. The van der Waals surface area contributed by atoms with Gasteiger partial charge in [-0.2, -0.15) is 0 Å². The maximum Gasteiger partial charge on any atom is 0.262 e. The summed E-state index contributed by atoms with van der Waals surface area (Å²) < 4.78 is 5.54. The van der Waals surface area contributed by atoms with Crippen LogP contribution in [0.3, 0.4) is 0 Å². The van der Waals surface area contributed by atoms with Gasteiger partial charge in [-0.3, -0.25) is 9.59 Å². The number of hydrogen-bond donors (Lipinski definition) is 2. The first-order valence-electron chi connectivity index (χ1n) is 9.54. The minimum atomic E-state index is -0.230. The molecule has 3 aromatic carbocycles. The van der Waals surface area contributed by atoms with E-state index in [1.165, 1.54) is 0 Å². The quantitative estimate of drug-likeness (QED) is 0.609. The molecule has 0 aliphatic carbocycles. The van der Waals surface area contributed by atoms with Gasteiger partial charge in [0.1, 0.15) is 5.75 Å². The van der Waals surface area contributed by atoms with Crippen LogP contribution < -0.4 is 15.4 Å². The van der Waals surface area contributed by atoms with Crippen LogP contribution in [0.1, 0.15) is 28.4 Å². The third-order valence-corrected chi connectivity index (χ3v) is 4.47. The summed E-state index contributed by atoms with van der Waals surface area (Å²) in [7, 11) is 0. The van der Waals surface area contributed by atoms with Crippen molar-refractivity contribution >= 4 is 23.2 Å². The fourth-order valence-electron chi connectivity index (χ4n) is 2.83. The van der Waals surface area contributed by atoms with E-state index in [-0.39, 0.29) is 18.4 Å². The molecule has 5 heteroatoms. The first-order valence-corrected chi connectivity index (χ1v) is 9.54. The Morgan fingerprint density at radius 3 is 2.24 bits per heavy atom. The SMILES string of the molecule is CCc1ccccc1NC(=O)COc1ccc(C(=O)Nc2ccc(C)cc2)cc1. The first-order chi connectivity index (χ1) is 14.0. The lowest BCUT2D eigenvalue weighted by Crippen LogP contribution is -2.21. The molecule has 0 aromatic heterocycles. The maximum absolute atomic E-state index is 12.3. The number of benzene rings is 3. The number of para-hydroxylation sites is 1. The minimum Gasteiger partial charge on any atom is -0.484 e. The second-order valence-corrected chi connectivity index (χ2v) is 6.69. The summed E-state index contributed by atoms with van der Waals surface area (Å²) in [5, 5.41) is 5.71. The van der Waals surface area contributed by atoms with Crippen LogP contribution in [-0.4, -0.2) is 18.4 Å². The zero-order chi connectivity index (χ0) is 20.6. The molecule has 148 valence electrons. The molecular formula is C24H24N2O3. The second-order valence-electron chi connectivity index (χ2n) is 6.69. The van der Waals surface area contributed by atoms with Crippen LogP contribution in [0.25, 0.3) is 0 Å². The molecule has 0 aliphatic heterocycles. The number of hydrogen-bond acceptors (Lipinski definition) is 3. The summed E-state index contributed by atoms with van der Waals surface area (Å²) >= 11 is 0. The van der Waals surface area contributed by atoms with E-state index in [9.17, 15) is 9.59 Å². The molecular weight excluding hydrogens is 364 g/mol. The molecule has 0 saturated carbocycles. The predicted octanol–water partition coefficient (Wildman–Crippen LogP) is 4.83. The number of aryl methyl sites for hydroxylation is 2. The van der Waals surface area contributed by atoms with Crippen LogP contribution in [0.15, 0.2) is 72.8 Å². The van der Waals surface area contributed by atoms with Crippen LogP contribution in [0.4, 0.5) is 11.4 Å². The Bertz CT molecular complexity index is 980. The van der Waals surface area contributed by atoms with E-state index in [1.54, 1.807) is 24.3 Å². The molecule has 3 rings (SSSR count). The van der Waals surface area contributed by atoms with Gasteiger partial charge in [0.05, 0.1) is 0 Å². The zero-order valence-corrected chi connectivity index (χ0v) is 16.6. The predicted molar refractivity (Wildman–Crippen MR) is 116 cm³/mol. The molecule has 0 bridgehead atoms. The summed E-state index contributed by atoms with van der Waals surface area (Å²) in [6.45, 7) is 3.93. The van der Waals surface area contributed by atoms with Gasteiger partial charge in [0.15, 0.2) is 6.61 Å². The van der Waals surface area contributed by atoms with Gasteiger partial charge >= 0.3 is 0 Å². The first kappa shape index (κ1) is 20.1. The largest absolute Gasteiger partial charge is 0.484 e. The van der Waals surface area contributed by atoms with Crippen molar-refractivity contribution in [1.82, 2.24) is 0 Å². The smallest absolute Gasteiger partial charge is 0.262 e. The van der Waals surface area contributed by atoms with Crippen molar-refractivity contribution < 1.29 is 14.3 Å². The number of nitrogens with one attached hydrogen (secondary N) is 2. The molecule has 3 aromatic rings. The molecule has 0 heterocycles. The Hall–Kier alpha value is -3.60. The molecule has 2 amide bonds. The Balaban J connectivity index is 1.52. The van der Waals surface area contributed by atoms with Crippen molar-refractivity contribution in [3.8, 4) is 5.75 Å². The lowest BCUT2D eigenvalue weighted by atomic mass is 10.1. The summed E-state index contributed by atoms with van der Waals surface area (Å²) in [4.78, 5) is 24.5. The number of carbonyl (C=O) groups excluding carboxylic acids is 2. The fraction of sp³-hybridized carbons (Fsp3) is 0.167. The van der Waals surface area contributed by atoms with Gasteiger partial charge in [-0.25, -0.2) is 0 Å². The molecule has 0 unspecified atom stereocenters. The number of rotatable bonds is 7. The highest BCUT2D eigenvalue weighted by Crippen LogP contribution is 2.17. The van der Waals surface area contributed by atoms with E-state index in [0.717, 1.165) is 28.9 Å². The Morgan fingerprint density at radius 2 is 1.55 bits per heavy atom. The van der Waals surface area contributed by atoms with Gasteiger partial charge in [0.2, 0.25) is 0 Å². The molecule has 0 spiro atoms. The van der Waals surface area contributed by atoms with E-state index >= 15 is 0 Å². The van der Waals surface area contributed by atoms with Gasteiger partial charge in [-0.15, -0.1) is 0 Å². The second kappa shape index (κ2) is 9.55. The average molecular weight is 388 g/mol. The third-order valence-electron chi connectivity index (χ3n) is 4.47. The molecule has 0 saturated heterocycles. The van der Waals surface area contributed by atoms with Crippen molar-refractivity contribution in [1.29, 1.82) is 0 Å². The minimum absolute atomic E-state index is 0.104. The topological polar surface area (TPSA) is 67.4 Å². The molecule has 2 N–H and O–H groups in total. The highest BCUT2D eigenvalue weighted by atomic mass is 16.5. The Labute approximate surface area is 170 Å². The number of amides is 2. The Kier molecular flexibility index (Phi) is 6.63. The highest BCUT2D eigenvalue weighted by molar-refractivity contribution is 6.04. The standard InChI is InChI=1S/C24H24N2O3/c1-3-18-6-4-5-7-22(18)26-23(27)16-29-21-14-10-19(11-15-21)24(28)25-20-12-8-17(2)9-13-20/h4-15H,3,16H2,1-2H3,(H,25,28)(H,26,27). The zero-order valence-electron chi connectivity index (χ0n) is 16.6. The van der Waals surface area contributed by atoms with Crippen LogP contribution >= 0.6 is 0 Å². The summed E-state index contributed by atoms with van der Waals surface area (Å²) in [5.41, 5.74) is 4.26. The lowest BCUT2D eigenvalue weighted by molar-refractivity contribution is -0.118. The van der Waals surface area contributed by atoms with Crippen molar-refractivity contribution in [3.05, 3.63) is 89.5 Å². The molecule has 0 atom stereocenters. The van der Waals surface area contributed by atoms with Crippen molar-refractivity contribution in [2.45, 2.75) is 20.3 Å².